The maximum absolute atomic E-state index is 7.54. The minimum Gasteiger partial charge on any atom is -0.496 e. The number of aromatic nitrogens is 2. The minimum absolute atomic E-state index is 0.0118. The number of hydrogen-bond acceptors (Lipinski definition) is 3. The highest BCUT2D eigenvalue weighted by Crippen LogP contribution is 2.21. The molecule has 0 saturated heterocycles. The van der Waals surface area contributed by atoms with Crippen molar-refractivity contribution in [2.24, 2.45) is 5.73 Å². The highest BCUT2D eigenvalue weighted by atomic mass is 16.5. The van der Waals surface area contributed by atoms with Crippen LogP contribution in [0.15, 0.2) is 18.2 Å². The second-order valence-electron chi connectivity index (χ2n) is 5.11. The Morgan fingerprint density at radius 3 is 2.62 bits per heavy atom. The fourth-order valence-corrected chi connectivity index (χ4v) is 2.63. The van der Waals surface area contributed by atoms with Gasteiger partial charge in [0.1, 0.15) is 11.6 Å². The van der Waals surface area contributed by atoms with Crippen molar-refractivity contribution in [2.75, 3.05) is 7.11 Å². The Morgan fingerprint density at radius 1 is 1.38 bits per heavy atom. The summed E-state index contributed by atoms with van der Waals surface area (Å²) in [4.78, 5) is 0. The van der Waals surface area contributed by atoms with Gasteiger partial charge in [-0.2, -0.15) is 5.10 Å². The summed E-state index contributed by atoms with van der Waals surface area (Å²) in [6, 6.07) is 5.70. The number of methoxy groups -OCH3 is 1. The maximum atomic E-state index is 7.54. The third-order valence-corrected chi connectivity index (χ3v) is 3.77. The largest absolute Gasteiger partial charge is 0.496 e. The molecule has 0 amide bonds. The summed E-state index contributed by atoms with van der Waals surface area (Å²) in [5, 5.41) is 12.1. The van der Waals surface area contributed by atoms with E-state index in [9.17, 15) is 0 Å². The summed E-state index contributed by atoms with van der Waals surface area (Å²) in [6.07, 6.45) is 0.990. The molecular weight excluding hydrogens is 264 g/mol. The smallest absolute Gasteiger partial charge is 0.130 e. The average molecular weight is 286 g/mol. The van der Waals surface area contributed by atoms with E-state index in [4.69, 9.17) is 15.9 Å². The Kier molecular flexibility index (Phi) is 4.31. The standard InChI is InChI=1S/C16H22N4O/c1-5-13-10(2)19-20(11(13)3)9-12-6-7-14(16(17)18)15(8-12)21-4/h6-8H,5,9H2,1-4H3,(H3,17,18). The zero-order valence-electron chi connectivity index (χ0n) is 13.0. The van der Waals surface area contributed by atoms with Crippen molar-refractivity contribution in [3.8, 4) is 5.75 Å². The molecule has 0 aliphatic heterocycles. The van der Waals surface area contributed by atoms with Gasteiger partial charge in [0.05, 0.1) is 24.9 Å². The summed E-state index contributed by atoms with van der Waals surface area (Å²) < 4.78 is 7.33. The van der Waals surface area contributed by atoms with Crippen LogP contribution in [0.5, 0.6) is 5.75 Å². The Labute approximate surface area is 125 Å². The molecule has 1 aromatic carbocycles. The van der Waals surface area contributed by atoms with E-state index < -0.39 is 0 Å². The quantitative estimate of drug-likeness (QED) is 0.654. The van der Waals surface area contributed by atoms with E-state index in [1.807, 2.05) is 29.8 Å². The number of nitrogens with one attached hydrogen (secondary N) is 1. The Balaban J connectivity index is 2.34. The molecule has 1 heterocycles. The van der Waals surface area contributed by atoms with E-state index in [1.54, 1.807) is 7.11 Å². The molecule has 1 aromatic heterocycles. The van der Waals surface area contributed by atoms with Gasteiger partial charge >= 0.3 is 0 Å². The van der Waals surface area contributed by atoms with Crippen LogP contribution in [0.4, 0.5) is 0 Å². The van der Waals surface area contributed by atoms with Crippen molar-refractivity contribution >= 4 is 5.84 Å². The maximum Gasteiger partial charge on any atom is 0.130 e. The SMILES string of the molecule is CCc1c(C)nn(Cc2ccc(C(=N)N)c(OC)c2)c1C. The summed E-state index contributed by atoms with van der Waals surface area (Å²) in [7, 11) is 1.59. The molecule has 0 fully saturated rings. The van der Waals surface area contributed by atoms with Gasteiger partial charge in [-0.3, -0.25) is 10.1 Å². The molecule has 2 rings (SSSR count). The normalized spacial score (nSPS) is 10.7. The molecule has 0 radical (unpaired) electrons. The first kappa shape index (κ1) is 15.1. The van der Waals surface area contributed by atoms with Crippen molar-refractivity contribution in [1.29, 1.82) is 5.41 Å². The van der Waals surface area contributed by atoms with Crippen LogP contribution in [0.25, 0.3) is 0 Å². The second-order valence-corrected chi connectivity index (χ2v) is 5.11. The zero-order valence-corrected chi connectivity index (χ0v) is 13.0. The Morgan fingerprint density at radius 2 is 2.10 bits per heavy atom. The van der Waals surface area contributed by atoms with Crippen LogP contribution in [-0.2, 0) is 13.0 Å². The summed E-state index contributed by atoms with van der Waals surface area (Å²) in [5.41, 5.74) is 10.8. The molecule has 0 aliphatic carbocycles. The van der Waals surface area contributed by atoms with Crippen LogP contribution in [0.2, 0.25) is 0 Å². The van der Waals surface area contributed by atoms with Crippen molar-refractivity contribution in [3.05, 3.63) is 46.3 Å². The number of aryl methyl sites for hydroxylation is 1. The number of amidine groups is 1. The first-order valence-electron chi connectivity index (χ1n) is 7.02. The van der Waals surface area contributed by atoms with E-state index in [0.717, 1.165) is 17.7 Å². The first-order chi connectivity index (χ1) is 9.97. The predicted octanol–water partition coefficient (Wildman–Crippen LogP) is 2.40. The van der Waals surface area contributed by atoms with Crippen molar-refractivity contribution < 1.29 is 4.74 Å². The van der Waals surface area contributed by atoms with Crippen LogP contribution in [-0.4, -0.2) is 22.7 Å². The number of rotatable bonds is 5. The monoisotopic (exact) mass is 286 g/mol. The molecule has 3 N–H and O–H groups in total. The fraction of sp³-hybridized carbons (Fsp3) is 0.375. The topological polar surface area (TPSA) is 76.9 Å². The molecule has 2 aromatic rings. The number of benzene rings is 1. The van der Waals surface area contributed by atoms with Gasteiger partial charge in [-0.25, -0.2) is 0 Å². The molecular formula is C16H22N4O. The predicted molar refractivity (Wildman–Crippen MR) is 84.2 cm³/mol. The van der Waals surface area contributed by atoms with Crippen molar-refractivity contribution in [3.63, 3.8) is 0 Å². The zero-order chi connectivity index (χ0) is 15.6. The molecule has 0 bridgehead atoms. The molecule has 0 atom stereocenters. The van der Waals surface area contributed by atoms with Gasteiger partial charge < -0.3 is 10.5 Å². The number of nitrogens with zero attached hydrogens (tertiary/aromatic N) is 2. The van der Waals surface area contributed by atoms with E-state index >= 15 is 0 Å². The lowest BCUT2D eigenvalue weighted by molar-refractivity contribution is 0.413. The molecule has 0 spiro atoms. The van der Waals surface area contributed by atoms with E-state index in [0.29, 0.717) is 17.9 Å². The number of ether oxygens (including phenoxy) is 1. The van der Waals surface area contributed by atoms with E-state index in [2.05, 4.69) is 18.9 Å². The van der Waals surface area contributed by atoms with Crippen molar-refractivity contribution in [2.45, 2.75) is 33.7 Å². The number of nitrogens with two attached hydrogens (primary N) is 1. The molecule has 0 unspecified atom stereocenters. The van der Waals surface area contributed by atoms with Crippen LogP contribution >= 0.6 is 0 Å². The van der Waals surface area contributed by atoms with Gasteiger partial charge in [0, 0.05) is 5.69 Å². The minimum atomic E-state index is 0.0118. The molecule has 5 heteroatoms. The van der Waals surface area contributed by atoms with Gasteiger partial charge in [-0.05, 0) is 43.5 Å². The summed E-state index contributed by atoms with van der Waals surface area (Å²) in [5.74, 6) is 0.634. The van der Waals surface area contributed by atoms with Gasteiger partial charge in [-0.1, -0.05) is 13.0 Å². The average Bonchev–Trinajstić information content (AvgIpc) is 2.72. The van der Waals surface area contributed by atoms with Gasteiger partial charge in [0.15, 0.2) is 0 Å². The van der Waals surface area contributed by atoms with Gasteiger partial charge in [0.25, 0.3) is 0 Å². The summed E-state index contributed by atoms with van der Waals surface area (Å²) in [6.45, 7) is 6.97. The third kappa shape index (κ3) is 2.91. The lowest BCUT2D eigenvalue weighted by Crippen LogP contribution is -2.13. The highest BCUT2D eigenvalue weighted by molar-refractivity contribution is 5.97. The highest BCUT2D eigenvalue weighted by Gasteiger charge is 2.12. The van der Waals surface area contributed by atoms with E-state index in [1.165, 1.54) is 11.3 Å². The fourth-order valence-electron chi connectivity index (χ4n) is 2.63. The molecule has 0 saturated carbocycles. The van der Waals surface area contributed by atoms with Gasteiger partial charge in [-0.15, -0.1) is 0 Å². The lowest BCUT2D eigenvalue weighted by atomic mass is 10.1. The molecule has 21 heavy (non-hydrogen) atoms. The van der Waals surface area contributed by atoms with Crippen molar-refractivity contribution in [1.82, 2.24) is 9.78 Å². The first-order valence-corrected chi connectivity index (χ1v) is 7.02. The lowest BCUT2D eigenvalue weighted by Gasteiger charge is -2.11. The Hall–Kier alpha value is -2.30. The third-order valence-electron chi connectivity index (χ3n) is 3.77. The number of hydrogen-bond donors (Lipinski definition) is 2. The Bertz CT molecular complexity index is 673. The molecule has 112 valence electrons. The number of nitrogen functional groups attached to an aromatic ring is 1. The summed E-state index contributed by atoms with van der Waals surface area (Å²) >= 11 is 0. The van der Waals surface area contributed by atoms with Crippen LogP contribution in [0.1, 0.15) is 35.0 Å². The van der Waals surface area contributed by atoms with Crippen LogP contribution in [0.3, 0.4) is 0 Å². The van der Waals surface area contributed by atoms with Crippen LogP contribution in [0, 0.1) is 19.3 Å². The second kappa shape index (κ2) is 5.99. The van der Waals surface area contributed by atoms with Gasteiger partial charge in [0.2, 0.25) is 0 Å². The molecule has 5 nitrogen and oxygen atoms in total. The molecule has 0 aliphatic rings. The van der Waals surface area contributed by atoms with Crippen LogP contribution < -0.4 is 10.5 Å². The van der Waals surface area contributed by atoms with E-state index in [-0.39, 0.29) is 5.84 Å².